The molecule has 1 aliphatic heterocycles. The third-order valence-electron chi connectivity index (χ3n) is 3.34. The van der Waals surface area contributed by atoms with E-state index in [4.69, 9.17) is 4.74 Å². The number of carbonyl (C=O) groups is 1. The molecule has 150 valence electrons. The standard InChI is InChI=1S/C16H13F4N3O4S/c1-2-25-13(24)6-10-8-28-14(22-10)23-21-7-9-3-4-11-12(5-9)27-16(19,20)15(17,18)26-11/h3-5,7-8H,2,6H2,1H3,(H,22,23). The van der Waals surface area contributed by atoms with Crippen LogP contribution in [0.15, 0.2) is 28.7 Å². The molecule has 28 heavy (non-hydrogen) atoms. The Balaban J connectivity index is 1.63. The summed E-state index contributed by atoms with van der Waals surface area (Å²) in [5.41, 5.74) is 3.41. The highest BCUT2D eigenvalue weighted by molar-refractivity contribution is 7.13. The van der Waals surface area contributed by atoms with Crippen LogP contribution in [-0.2, 0) is 16.0 Å². The van der Waals surface area contributed by atoms with Gasteiger partial charge in [0.05, 0.1) is 24.9 Å². The molecule has 0 atom stereocenters. The summed E-state index contributed by atoms with van der Waals surface area (Å²) >= 11 is 1.20. The average molecular weight is 419 g/mol. The quantitative estimate of drug-likeness (QED) is 0.333. The fourth-order valence-electron chi connectivity index (χ4n) is 2.13. The van der Waals surface area contributed by atoms with Crippen molar-refractivity contribution in [1.29, 1.82) is 0 Å². The Labute approximate surface area is 159 Å². The summed E-state index contributed by atoms with van der Waals surface area (Å²) in [6.45, 7) is 1.97. The van der Waals surface area contributed by atoms with E-state index in [0.717, 1.165) is 12.1 Å². The Morgan fingerprint density at radius 2 is 2.00 bits per heavy atom. The summed E-state index contributed by atoms with van der Waals surface area (Å²) in [4.78, 5) is 15.5. The van der Waals surface area contributed by atoms with Gasteiger partial charge in [0.15, 0.2) is 11.5 Å². The van der Waals surface area contributed by atoms with Gasteiger partial charge in [-0.1, -0.05) is 0 Å². The topological polar surface area (TPSA) is 82.0 Å². The van der Waals surface area contributed by atoms with Crippen LogP contribution in [0.2, 0.25) is 0 Å². The molecule has 7 nitrogen and oxygen atoms in total. The minimum atomic E-state index is -4.79. The number of ether oxygens (including phenoxy) is 3. The first-order valence-corrected chi connectivity index (χ1v) is 8.75. The summed E-state index contributed by atoms with van der Waals surface area (Å²) in [7, 11) is 0. The van der Waals surface area contributed by atoms with Crippen LogP contribution in [0.3, 0.4) is 0 Å². The van der Waals surface area contributed by atoms with E-state index in [1.165, 1.54) is 23.6 Å². The number of aromatic nitrogens is 1. The largest absolute Gasteiger partial charge is 0.507 e. The lowest BCUT2D eigenvalue weighted by Crippen LogP contribution is -2.52. The monoisotopic (exact) mass is 419 g/mol. The SMILES string of the molecule is CCOC(=O)Cc1csc(NN=Cc2ccc3c(c2)OC(F)(F)C(F)(F)O3)n1. The van der Waals surface area contributed by atoms with Crippen molar-refractivity contribution < 1.29 is 36.6 Å². The highest BCUT2D eigenvalue weighted by atomic mass is 32.1. The maximum Gasteiger partial charge on any atom is 0.507 e. The molecule has 0 saturated heterocycles. The van der Waals surface area contributed by atoms with Crippen LogP contribution < -0.4 is 14.9 Å². The normalized spacial score (nSPS) is 16.8. The van der Waals surface area contributed by atoms with Crippen LogP contribution in [0.5, 0.6) is 11.5 Å². The van der Waals surface area contributed by atoms with E-state index in [1.807, 2.05) is 0 Å². The van der Waals surface area contributed by atoms with Gasteiger partial charge >= 0.3 is 18.2 Å². The minimum absolute atomic E-state index is 0.0245. The smallest absolute Gasteiger partial charge is 0.466 e. The molecule has 1 aromatic carbocycles. The summed E-state index contributed by atoms with van der Waals surface area (Å²) < 4.78 is 65.5. The number of hydrogen-bond acceptors (Lipinski definition) is 8. The molecule has 1 N–H and O–H groups in total. The zero-order chi connectivity index (χ0) is 20.4. The van der Waals surface area contributed by atoms with Crippen molar-refractivity contribution in [3.63, 3.8) is 0 Å². The van der Waals surface area contributed by atoms with Crippen molar-refractivity contribution >= 4 is 28.7 Å². The van der Waals surface area contributed by atoms with Crippen molar-refractivity contribution in [2.45, 2.75) is 25.6 Å². The second kappa shape index (κ2) is 7.62. The number of halogens is 4. The van der Waals surface area contributed by atoms with Gasteiger partial charge in [0.1, 0.15) is 0 Å². The fourth-order valence-corrected chi connectivity index (χ4v) is 2.78. The van der Waals surface area contributed by atoms with Crippen LogP contribution in [0.25, 0.3) is 0 Å². The van der Waals surface area contributed by atoms with E-state index >= 15 is 0 Å². The molecule has 1 aliphatic rings. The lowest BCUT2D eigenvalue weighted by molar-refractivity contribution is -0.391. The van der Waals surface area contributed by atoms with Crippen molar-refractivity contribution in [1.82, 2.24) is 4.98 Å². The van der Waals surface area contributed by atoms with Gasteiger partial charge in [0.25, 0.3) is 0 Å². The Kier molecular flexibility index (Phi) is 5.40. The number of thiazole rings is 1. The predicted molar refractivity (Wildman–Crippen MR) is 91.3 cm³/mol. The van der Waals surface area contributed by atoms with Crippen molar-refractivity contribution in [2.75, 3.05) is 12.0 Å². The third-order valence-corrected chi connectivity index (χ3v) is 4.13. The van der Waals surface area contributed by atoms with Gasteiger partial charge in [0.2, 0.25) is 5.13 Å². The number of carbonyl (C=O) groups excluding carboxylic acids is 1. The zero-order valence-corrected chi connectivity index (χ0v) is 15.1. The van der Waals surface area contributed by atoms with Gasteiger partial charge in [-0.3, -0.25) is 10.2 Å². The molecule has 0 amide bonds. The van der Waals surface area contributed by atoms with Crippen LogP contribution in [0.1, 0.15) is 18.2 Å². The van der Waals surface area contributed by atoms with E-state index in [-0.39, 0.29) is 13.0 Å². The summed E-state index contributed by atoms with van der Waals surface area (Å²) in [6.07, 6.45) is -8.27. The molecule has 0 radical (unpaired) electrons. The number of hydrazone groups is 1. The molecule has 0 aliphatic carbocycles. The highest BCUT2D eigenvalue weighted by Gasteiger charge is 2.65. The Morgan fingerprint density at radius 1 is 1.29 bits per heavy atom. The van der Waals surface area contributed by atoms with E-state index in [1.54, 1.807) is 12.3 Å². The van der Waals surface area contributed by atoms with E-state index in [9.17, 15) is 22.4 Å². The summed E-state index contributed by atoms with van der Waals surface area (Å²) in [6, 6.07) is 3.49. The summed E-state index contributed by atoms with van der Waals surface area (Å²) in [5.74, 6) is -1.45. The first-order valence-electron chi connectivity index (χ1n) is 7.87. The second-order valence-electron chi connectivity index (χ2n) is 5.44. The Morgan fingerprint density at radius 3 is 2.71 bits per heavy atom. The number of esters is 1. The van der Waals surface area contributed by atoms with E-state index in [2.05, 4.69) is 25.0 Å². The van der Waals surface area contributed by atoms with Crippen LogP contribution in [0.4, 0.5) is 22.7 Å². The lowest BCUT2D eigenvalue weighted by atomic mass is 10.2. The molecule has 1 aromatic heterocycles. The molecule has 12 heteroatoms. The molecule has 0 spiro atoms. The number of anilines is 1. The lowest BCUT2D eigenvalue weighted by Gasteiger charge is -2.31. The molecule has 2 aromatic rings. The Hall–Kier alpha value is -2.89. The highest BCUT2D eigenvalue weighted by Crippen LogP contribution is 2.46. The molecule has 2 heterocycles. The first-order chi connectivity index (χ1) is 13.2. The number of rotatable bonds is 6. The number of nitrogens with one attached hydrogen (secondary N) is 1. The summed E-state index contributed by atoms with van der Waals surface area (Å²) in [5, 5.41) is 5.92. The van der Waals surface area contributed by atoms with Gasteiger partial charge in [0, 0.05) is 5.38 Å². The van der Waals surface area contributed by atoms with Crippen molar-refractivity contribution in [2.24, 2.45) is 5.10 Å². The van der Waals surface area contributed by atoms with Crippen molar-refractivity contribution in [3.8, 4) is 11.5 Å². The molecule has 0 fully saturated rings. The number of fused-ring (bicyclic) bond motifs is 1. The zero-order valence-electron chi connectivity index (χ0n) is 14.2. The predicted octanol–water partition coefficient (Wildman–Crippen LogP) is 3.65. The van der Waals surface area contributed by atoms with Crippen LogP contribution in [0, 0.1) is 0 Å². The number of benzene rings is 1. The van der Waals surface area contributed by atoms with Gasteiger partial charge in [-0.15, -0.1) is 11.3 Å². The van der Waals surface area contributed by atoms with E-state index < -0.39 is 29.7 Å². The third kappa shape index (κ3) is 4.32. The van der Waals surface area contributed by atoms with Crippen molar-refractivity contribution in [3.05, 3.63) is 34.8 Å². The van der Waals surface area contributed by atoms with Gasteiger partial charge in [-0.25, -0.2) is 4.98 Å². The Bertz CT molecular complexity index is 904. The average Bonchev–Trinajstić information content (AvgIpc) is 3.03. The maximum atomic E-state index is 13.2. The second-order valence-corrected chi connectivity index (χ2v) is 6.30. The van der Waals surface area contributed by atoms with E-state index in [0.29, 0.717) is 16.4 Å². The number of alkyl halides is 4. The van der Waals surface area contributed by atoms with Gasteiger partial charge < -0.3 is 14.2 Å². The van der Waals surface area contributed by atoms with Crippen LogP contribution >= 0.6 is 11.3 Å². The number of hydrogen-bond donors (Lipinski definition) is 1. The first kappa shape index (κ1) is 19.9. The van der Waals surface area contributed by atoms with Crippen LogP contribution in [-0.4, -0.2) is 36.0 Å². The molecule has 0 unspecified atom stereocenters. The minimum Gasteiger partial charge on any atom is -0.466 e. The molecule has 3 rings (SSSR count). The molecular weight excluding hydrogens is 406 g/mol. The van der Waals surface area contributed by atoms with Gasteiger partial charge in [-0.05, 0) is 30.7 Å². The fraction of sp³-hybridized carbons (Fsp3) is 0.312. The molecular formula is C16H13F4N3O4S. The number of nitrogens with zero attached hydrogens (tertiary/aromatic N) is 2. The molecule has 0 saturated carbocycles. The maximum absolute atomic E-state index is 13.2. The molecule has 0 bridgehead atoms. The van der Waals surface area contributed by atoms with Gasteiger partial charge in [-0.2, -0.15) is 22.7 Å².